The summed E-state index contributed by atoms with van der Waals surface area (Å²) >= 11 is 0. The average Bonchev–Trinajstić information content (AvgIpc) is 2.77. The molecule has 0 aromatic carbocycles. The van der Waals surface area contributed by atoms with Crippen molar-refractivity contribution in [1.29, 1.82) is 0 Å². The molecule has 3 unspecified atom stereocenters. The van der Waals surface area contributed by atoms with Crippen molar-refractivity contribution in [3.8, 4) is 0 Å². The van der Waals surface area contributed by atoms with E-state index < -0.39 is 0 Å². The monoisotopic (exact) mass is 180 g/mol. The Bertz CT molecular complexity index is 185. The van der Waals surface area contributed by atoms with Gasteiger partial charge in [0.15, 0.2) is 0 Å². The molecule has 1 aliphatic carbocycles. The van der Waals surface area contributed by atoms with Crippen molar-refractivity contribution in [3.05, 3.63) is 0 Å². The van der Waals surface area contributed by atoms with Gasteiger partial charge in [0.05, 0.1) is 12.2 Å². The summed E-state index contributed by atoms with van der Waals surface area (Å²) in [6.45, 7) is 7.00. The second-order valence-corrected chi connectivity index (χ2v) is 5.93. The molecule has 2 fully saturated rings. The molecule has 0 radical (unpaired) electrons. The topological polar surface area (TPSA) is 12.5 Å². The van der Waals surface area contributed by atoms with Crippen LogP contribution in [-0.4, -0.2) is 19.5 Å². The smallest absolute Gasteiger partial charge is 0.128 e. The van der Waals surface area contributed by atoms with E-state index >= 15 is 0 Å². The Labute approximate surface area is 82.5 Å². The zero-order valence-corrected chi connectivity index (χ0v) is 9.18. The van der Waals surface area contributed by atoms with E-state index in [1.54, 1.807) is 0 Å². The molecule has 13 heavy (non-hydrogen) atoms. The molecule has 3 atom stereocenters. The van der Waals surface area contributed by atoms with Gasteiger partial charge in [0, 0.05) is 0 Å². The Morgan fingerprint density at radius 2 is 2.08 bits per heavy atom. The fraction of sp³-hybridized carbons (Fsp3) is 1.00. The molecule has 2 rings (SSSR count). The fourth-order valence-electron chi connectivity index (χ4n) is 2.48. The van der Waals surface area contributed by atoms with Crippen LogP contribution in [0, 0.1) is 5.41 Å². The molecule has 1 saturated carbocycles. The summed E-state index contributed by atoms with van der Waals surface area (Å²) in [6.07, 6.45) is 6.82. The Kier molecular flexibility index (Phi) is 2.44. The Morgan fingerprint density at radius 3 is 2.77 bits per heavy atom. The molecule has 2 heteroatoms. The molecule has 74 valence electrons. The average molecular weight is 180 g/mol. The number of epoxide rings is 1. The molecule has 1 saturated heterocycles. The second kappa shape index (κ2) is 3.31. The molecule has 2 aliphatic rings. The van der Waals surface area contributed by atoms with Gasteiger partial charge in [0.2, 0.25) is 0 Å². The number of fused-ring (bicyclic) bond motifs is 1. The SMILES string of the molecule is CC(C)(C)CBC1CCCC2OC12. The minimum Gasteiger partial charge on any atom is -0.370 e. The molecular formula is C11H21BO. The minimum absolute atomic E-state index is 0.502. The highest BCUT2D eigenvalue weighted by atomic mass is 16.6. The quantitative estimate of drug-likeness (QED) is 0.470. The van der Waals surface area contributed by atoms with Crippen molar-refractivity contribution in [1.82, 2.24) is 0 Å². The van der Waals surface area contributed by atoms with Crippen molar-refractivity contribution in [2.75, 3.05) is 0 Å². The van der Waals surface area contributed by atoms with Crippen molar-refractivity contribution in [2.45, 2.75) is 64.4 Å². The predicted octanol–water partition coefficient (Wildman–Crippen LogP) is 2.63. The second-order valence-electron chi connectivity index (χ2n) is 5.93. The first kappa shape index (κ1) is 9.58. The lowest BCUT2D eigenvalue weighted by Gasteiger charge is -2.22. The van der Waals surface area contributed by atoms with Crippen LogP contribution < -0.4 is 0 Å². The highest BCUT2D eigenvalue weighted by Gasteiger charge is 2.46. The van der Waals surface area contributed by atoms with E-state index in [0.29, 0.717) is 17.6 Å². The first-order chi connectivity index (χ1) is 6.06. The van der Waals surface area contributed by atoms with Gasteiger partial charge in [-0.05, 0) is 17.7 Å². The van der Waals surface area contributed by atoms with Crippen LogP contribution in [0.3, 0.4) is 0 Å². The molecule has 1 nitrogen and oxygen atoms in total. The highest BCUT2D eigenvalue weighted by molar-refractivity contribution is 6.38. The van der Waals surface area contributed by atoms with Crippen LogP contribution in [0.5, 0.6) is 0 Å². The summed E-state index contributed by atoms with van der Waals surface area (Å²) in [5, 5.41) is 0. The lowest BCUT2D eigenvalue weighted by Crippen LogP contribution is -2.20. The lowest BCUT2D eigenvalue weighted by atomic mass is 9.52. The lowest BCUT2D eigenvalue weighted by molar-refractivity contribution is 0.371. The van der Waals surface area contributed by atoms with E-state index in [0.717, 1.165) is 5.82 Å². The summed E-state index contributed by atoms with van der Waals surface area (Å²) in [7, 11) is 1.38. The van der Waals surface area contributed by atoms with Gasteiger partial charge in [0.25, 0.3) is 0 Å². The van der Waals surface area contributed by atoms with Crippen LogP contribution in [-0.2, 0) is 4.74 Å². The summed E-state index contributed by atoms with van der Waals surface area (Å²) < 4.78 is 5.66. The molecule has 1 aliphatic heterocycles. The van der Waals surface area contributed by atoms with Gasteiger partial charge < -0.3 is 4.74 Å². The normalized spacial score (nSPS) is 38.2. The Morgan fingerprint density at radius 1 is 1.31 bits per heavy atom. The van der Waals surface area contributed by atoms with E-state index in [1.807, 2.05) is 0 Å². The van der Waals surface area contributed by atoms with Gasteiger partial charge in [-0.2, -0.15) is 0 Å². The van der Waals surface area contributed by atoms with Crippen LogP contribution in [0.4, 0.5) is 0 Å². The fourth-order valence-corrected chi connectivity index (χ4v) is 2.48. The van der Waals surface area contributed by atoms with E-state index in [2.05, 4.69) is 20.8 Å². The maximum absolute atomic E-state index is 5.66. The molecule has 0 spiro atoms. The summed E-state index contributed by atoms with van der Waals surface area (Å²) in [5.41, 5.74) is 0.502. The first-order valence-corrected chi connectivity index (χ1v) is 5.72. The molecule has 0 aromatic heterocycles. The molecular weight excluding hydrogens is 159 g/mol. The maximum atomic E-state index is 5.66. The van der Waals surface area contributed by atoms with E-state index in [-0.39, 0.29) is 0 Å². The van der Waals surface area contributed by atoms with E-state index in [9.17, 15) is 0 Å². The van der Waals surface area contributed by atoms with Crippen LogP contribution >= 0.6 is 0 Å². The van der Waals surface area contributed by atoms with Crippen LogP contribution in [0.25, 0.3) is 0 Å². The first-order valence-electron chi connectivity index (χ1n) is 5.72. The minimum atomic E-state index is 0.502. The highest BCUT2D eigenvalue weighted by Crippen LogP contribution is 2.44. The van der Waals surface area contributed by atoms with Gasteiger partial charge in [-0.1, -0.05) is 39.9 Å². The number of hydrogen-bond acceptors (Lipinski definition) is 1. The summed E-state index contributed by atoms with van der Waals surface area (Å²) in [4.78, 5) is 0. The van der Waals surface area contributed by atoms with Crippen molar-refractivity contribution in [3.63, 3.8) is 0 Å². The zero-order chi connectivity index (χ0) is 9.47. The molecule has 0 bridgehead atoms. The number of hydrogen-bond donors (Lipinski definition) is 0. The third kappa shape index (κ3) is 2.49. The largest absolute Gasteiger partial charge is 0.370 e. The van der Waals surface area contributed by atoms with Crippen molar-refractivity contribution < 1.29 is 4.74 Å². The van der Waals surface area contributed by atoms with Gasteiger partial charge in [-0.25, -0.2) is 0 Å². The number of rotatable bonds is 2. The van der Waals surface area contributed by atoms with E-state index in [4.69, 9.17) is 4.74 Å². The molecule has 0 aromatic rings. The van der Waals surface area contributed by atoms with Crippen molar-refractivity contribution in [2.24, 2.45) is 5.41 Å². The van der Waals surface area contributed by atoms with Crippen LogP contribution in [0.2, 0.25) is 12.1 Å². The van der Waals surface area contributed by atoms with Gasteiger partial charge in [-0.15, -0.1) is 0 Å². The maximum Gasteiger partial charge on any atom is 0.128 e. The van der Waals surface area contributed by atoms with Gasteiger partial charge in [0.1, 0.15) is 7.28 Å². The van der Waals surface area contributed by atoms with Crippen molar-refractivity contribution >= 4 is 7.28 Å². The standard InChI is InChI=1S/C11H21BO/c1-11(2,3)7-12-8-5-4-6-9-10(8)13-9/h8-10,12H,4-7H2,1-3H3. The molecule has 0 N–H and O–H groups in total. The summed E-state index contributed by atoms with van der Waals surface area (Å²) in [5.74, 6) is 0.887. The summed E-state index contributed by atoms with van der Waals surface area (Å²) in [6, 6.07) is 0. The predicted molar refractivity (Wildman–Crippen MR) is 57.7 cm³/mol. The zero-order valence-electron chi connectivity index (χ0n) is 9.18. The third-order valence-corrected chi connectivity index (χ3v) is 3.42. The third-order valence-electron chi connectivity index (χ3n) is 3.42. The van der Waals surface area contributed by atoms with Gasteiger partial charge >= 0.3 is 0 Å². The van der Waals surface area contributed by atoms with Gasteiger partial charge in [-0.3, -0.25) is 0 Å². The number of ether oxygens (including phenoxy) is 1. The van der Waals surface area contributed by atoms with Crippen LogP contribution in [0.15, 0.2) is 0 Å². The molecule has 0 amide bonds. The van der Waals surface area contributed by atoms with Crippen LogP contribution in [0.1, 0.15) is 40.0 Å². The molecule has 1 heterocycles. The van der Waals surface area contributed by atoms with E-state index in [1.165, 1.54) is 32.9 Å². The Balaban J connectivity index is 1.75. The Hall–Kier alpha value is 0.0249.